The maximum absolute atomic E-state index is 9.34. The third-order valence-electron chi connectivity index (χ3n) is 3.57. The van der Waals surface area contributed by atoms with Gasteiger partial charge < -0.3 is 9.67 Å². The summed E-state index contributed by atoms with van der Waals surface area (Å²) >= 11 is 6.26. The summed E-state index contributed by atoms with van der Waals surface area (Å²) in [7, 11) is 0. The Hall–Kier alpha value is -1.48. The number of fused-ring (bicyclic) bond motifs is 1. The van der Waals surface area contributed by atoms with Gasteiger partial charge in [0.2, 0.25) is 0 Å². The van der Waals surface area contributed by atoms with E-state index in [1.165, 1.54) is 6.42 Å². The molecule has 94 valence electrons. The molecule has 2 aromatic rings. The minimum atomic E-state index is 0.267. The summed E-state index contributed by atoms with van der Waals surface area (Å²) < 4.78 is 2.21. The van der Waals surface area contributed by atoms with Crippen LogP contribution >= 0.6 is 11.6 Å². The van der Waals surface area contributed by atoms with Crippen LogP contribution < -0.4 is 0 Å². The van der Waals surface area contributed by atoms with E-state index in [4.69, 9.17) is 11.6 Å². The van der Waals surface area contributed by atoms with E-state index in [0.29, 0.717) is 11.1 Å². The van der Waals surface area contributed by atoms with Crippen molar-refractivity contribution in [2.24, 2.45) is 0 Å². The predicted molar refractivity (Wildman–Crippen MR) is 72.0 cm³/mol. The highest BCUT2D eigenvalue weighted by atomic mass is 35.5. The Balaban J connectivity index is 2.13. The normalized spacial score (nSPS) is 18.7. The highest BCUT2D eigenvalue weighted by Gasteiger charge is 2.24. The second kappa shape index (κ2) is 4.32. The maximum Gasteiger partial charge on any atom is 0.151 e. The third-order valence-corrected chi connectivity index (χ3v) is 3.85. The van der Waals surface area contributed by atoms with Gasteiger partial charge in [0, 0.05) is 12.1 Å². The molecule has 0 spiro atoms. The van der Waals surface area contributed by atoms with E-state index in [9.17, 15) is 5.11 Å². The van der Waals surface area contributed by atoms with Crippen LogP contribution in [0.15, 0.2) is 24.3 Å². The zero-order valence-electron chi connectivity index (χ0n) is 10.2. The van der Waals surface area contributed by atoms with Gasteiger partial charge in [0.1, 0.15) is 11.6 Å². The molecule has 0 radical (unpaired) electrons. The van der Waals surface area contributed by atoms with Crippen molar-refractivity contribution in [1.82, 2.24) is 9.55 Å². The lowest BCUT2D eigenvalue weighted by atomic mass is 9.98. The molecule has 1 aromatic carbocycles. The molecule has 0 bridgehead atoms. The van der Waals surface area contributed by atoms with Gasteiger partial charge in [0.15, 0.2) is 5.15 Å². The van der Waals surface area contributed by atoms with E-state index in [1.54, 1.807) is 12.1 Å². The molecule has 1 N–H and O–H groups in total. The van der Waals surface area contributed by atoms with Crippen LogP contribution in [0.25, 0.3) is 11.4 Å². The van der Waals surface area contributed by atoms with E-state index in [2.05, 4.69) is 16.5 Å². The lowest BCUT2D eigenvalue weighted by Gasteiger charge is -2.22. The van der Waals surface area contributed by atoms with Crippen LogP contribution in [0.4, 0.5) is 0 Å². The molecular formula is C14H15ClN2O. The minimum absolute atomic E-state index is 0.267. The second-order valence-electron chi connectivity index (χ2n) is 4.85. The summed E-state index contributed by atoms with van der Waals surface area (Å²) in [6.45, 7) is 3.16. The quantitative estimate of drug-likeness (QED) is 0.849. The number of imidazole rings is 1. The van der Waals surface area contributed by atoms with Crippen molar-refractivity contribution in [1.29, 1.82) is 0 Å². The number of rotatable bonds is 1. The van der Waals surface area contributed by atoms with Crippen LogP contribution in [-0.2, 0) is 6.54 Å². The Morgan fingerprint density at radius 2 is 2.06 bits per heavy atom. The molecule has 1 unspecified atom stereocenters. The number of nitrogens with zero attached hydrogens (tertiary/aromatic N) is 2. The van der Waals surface area contributed by atoms with E-state index in [0.717, 1.165) is 30.0 Å². The van der Waals surface area contributed by atoms with Crippen molar-refractivity contribution in [3.63, 3.8) is 0 Å². The molecule has 0 fully saturated rings. The molecule has 1 aromatic heterocycles. The molecule has 0 saturated heterocycles. The molecule has 0 saturated carbocycles. The van der Waals surface area contributed by atoms with Gasteiger partial charge in [0.25, 0.3) is 0 Å². The van der Waals surface area contributed by atoms with Gasteiger partial charge in [-0.2, -0.15) is 0 Å². The Morgan fingerprint density at radius 1 is 1.33 bits per heavy atom. The molecule has 3 rings (SSSR count). The van der Waals surface area contributed by atoms with Crippen LogP contribution in [0.3, 0.4) is 0 Å². The Kier molecular flexibility index (Phi) is 2.78. The second-order valence-corrected chi connectivity index (χ2v) is 5.21. The predicted octanol–water partition coefficient (Wildman–Crippen LogP) is 3.81. The van der Waals surface area contributed by atoms with E-state index >= 15 is 0 Å². The molecule has 0 aliphatic carbocycles. The highest BCUT2D eigenvalue weighted by Crippen LogP contribution is 2.36. The van der Waals surface area contributed by atoms with Crippen molar-refractivity contribution in [2.45, 2.75) is 32.2 Å². The summed E-state index contributed by atoms with van der Waals surface area (Å²) in [6.07, 6.45) is 2.33. The molecule has 3 nitrogen and oxygen atoms in total. The van der Waals surface area contributed by atoms with Crippen molar-refractivity contribution in [3.8, 4) is 17.1 Å². The fraction of sp³-hybridized carbons (Fsp3) is 0.357. The zero-order chi connectivity index (χ0) is 12.7. The van der Waals surface area contributed by atoms with E-state index in [1.807, 2.05) is 12.1 Å². The van der Waals surface area contributed by atoms with Crippen LogP contribution in [0.2, 0.25) is 5.15 Å². The topological polar surface area (TPSA) is 38.0 Å². The van der Waals surface area contributed by atoms with Gasteiger partial charge in [-0.25, -0.2) is 4.98 Å². The monoisotopic (exact) mass is 262 g/mol. The van der Waals surface area contributed by atoms with E-state index in [-0.39, 0.29) is 5.75 Å². The summed E-state index contributed by atoms with van der Waals surface area (Å²) in [5, 5.41) is 9.95. The fourth-order valence-electron chi connectivity index (χ4n) is 2.65. The Morgan fingerprint density at radius 3 is 2.78 bits per heavy atom. The standard InChI is InChI=1S/C14H15ClN2O/c1-9-3-2-8-17-12(9)13(15)16-14(17)10-4-6-11(18)7-5-10/h4-7,9,18H,2-3,8H2,1H3. The molecule has 1 atom stereocenters. The first kappa shape index (κ1) is 11.6. The number of aromatic nitrogens is 2. The molecule has 2 heterocycles. The largest absolute Gasteiger partial charge is 0.508 e. The number of halogens is 1. The van der Waals surface area contributed by atoms with Crippen molar-refractivity contribution >= 4 is 11.6 Å². The summed E-state index contributed by atoms with van der Waals surface area (Å²) in [4.78, 5) is 4.49. The summed E-state index contributed by atoms with van der Waals surface area (Å²) in [5.41, 5.74) is 2.14. The highest BCUT2D eigenvalue weighted by molar-refractivity contribution is 6.30. The molecule has 1 aliphatic rings. The average molecular weight is 263 g/mol. The first-order valence-corrected chi connectivity index (χ1v) is 6.60. The lowest BCUT2D eigenvalue weighted by Crippen LogP contribution is -2.14. The molecule has 1 aliphatic heterocycles. The number of benzene rings is 1. The SMILES string of the molecule is CC1CCCn2c(-c3ccc(O)cc3)nc(Cl)c21. The van der Waals surface area contributed by atoms with Crippen LogP contribution in [0.1, 0.15) is 31.4 Å². The molecular weight excluding hydrogens is 248 g/mol. The van der Waals surface area contributed by atoms with Gasteiger partial charge in [-0.3, -0.25) is 0 Å². The van der Waals surface area contributed by atoms with Gasteiger partial charge in [-0.05, 0) is 43.0 Å². The number of phenolic OH excluding ortho intramolecular Hbond substituents is 1. The van der Waals surface area contributed by atoms with Gasteiger partial charge >= 0.3 is 0 Å². The number of hydrogen-bond donors (Lipinski definition) is 1. The first-order chi connectivity index (χ1) is 8.66. The smallest absolute Gasteiger partial charge is 0.151 e. The van der Waals surface area contributed by atoms with Crippen LogP contribution in [0, 0.1) is 0 Å². The maximum atomic E-state index is 9.34. The number of phenols is 1. The van der Waals surface area contributed by atoms with Crippen molar-refractivity contribution < 1.29 is 5.11 Å². The number of hydrogen-bond acceptors (Lipinski definition) is 2. The molecule has 0 amide bonds. The third kappa shape index (κ3) is 1.79. The van der Waals surface area contributed by atoms with Gasteiger partial charge in [-0.1, -0.05) is 18.5 Å². The average Bonchev–Trinajstić information content (AvgIpc) is 2.69. The zero-order valence-corrected chi connectivity index (χ0v) is 11.0. The lowest BCUT2D eigenvalue weighted by molar-refractivity contribution is 0.474. The fourth-order valence-corrected chi connectivity index (χ4v) is 3.02. The van der Waals surface area contributed by atoms with Gasteiger partial charge in [-0.15, -0.1) is 0 Å². The van der Waals surface area contributed by atoms with Gasteiger partial charge in [0.05, 0.1) is 5.69 Å². The van der Waals surface area contributed by atoms with Crippen LogP contribution in [-0.4, -0.2) is 14.7 Å². The van der Waals surface area contributed by atoms with E-state index < -0.39 is 0 Å². The summed E-state index contributed by atoms with van der Waals surface area (Å²) in [5.74, 6) is 1.63. The van der Waals surface area contributed by atoms with Crippen LogP contribution in [0.5, 0.6) is 5.75 Å². The molecule has 4 heteroatoms. The minimum Gasteiger partial charge on any atom is -0.508 e. The molecule has 18 heavy (non-hydrogen) atoms. The Labute approximate surface area is 111 Å². The summed E-state index contributed by atoms with van der Waals surface area (Å²) in [6, 6.07) is 7.11. The Bertz CT molecular complexity index is 574. The first-order valence-electron chi connectivity index (χ1n) is 6.22. The number of aromatic hydroxyl groups is 1. The van der Waals surface area contributed by atoms with Crippen molar-refractivity contribution in [3.05, 3.63) is 35.1 Å². The van der Waals surface area contributed by atoms with Crippen molar-refractivity contribution in [2.75, 3.05) is 0 Å².